The van der Waals surface area contributed by atoms with Gasteiger partial charge in [-0.3, -0.25) is 9.48 Å². The number of primary amides is 1. The van der Waals surface area contributed by atoms with Crippen molar-refractivity contribution in [1.82, 2.24) is 15.1 Å². The summed E-state index contributed by atoms with van der Waals surface area (Å²) in [6, 6.07) is 0. The summed E-state index contributed by atoms with van der Waals surface area (Å²) in [6.45, 7) is 0.682. The predicted molar refractivity (Wildman–Crippen MR) is 72.7 cm³/mol. The number of aryl methyl sites for hydroxylation is 1. The van der Waals surface area contributed by atoms with Gasteiger partial charge in [-0.25, -0.2) is 0 Å². The van der Waals surface area contributed by atoms with Crippen LogP contribution in [0, 0.1) is 11.8 Å². The van der Waals surface area contributed by atoms with Gasteiger partial charge in [-0.2, -0.15) is 18.3 Å². The van der Waals surface area contributed by atoms with E-state index in [-0.39, 0.29) is 29.0 Å². The number of halogens is 3. The lowest BCUT2D eigenvalue weighted by Gasteiger charge is -2.30. The summed E-state index contributed by atoms with van der Waals surface area (Å²) < 4.78 is 40.3. The molecule has 1 saturated heterocycles. The van der Waals surface area contributed by atoms with Crippen LogP contribution in [-0.4, -0.2) is 27.8 Å². The largest absolute Gasteiger partial charge is 0.419 e. The summed E-state index contributed by atoms with van der Waals surface area (Å²) in [6.07, 6.45) is -1.11. The SMILES string of the molecule is Cn1ncc(C(F)(F)F)c1CC1CC12CC(C(N)=O)CCN2. The zero-order valence-corrected chi connectivity index (χ0v) is 12.3. The Kier molecular flexibility index (Phi) is 3.47. The first-order valence-corrected chi connectivity index (χ1v) is 7.35. The second-order valence-corrected chi connectivity index (χ2v) is 6.41. The van der Waals surface area contributed by atoms with Gasteiger partial charge in [-0.05, 0) is 38.1 Å². The zero-order valence-electron chi connectivity index (χ0n) is 12.3. The molecule has 2 heterocycles. The van der Waals surface area contributed by atoms with E-state index in [4.69, 9.17) is 5.73 Å². The van der Waals surface area contributed by atoms with Crippen molar-refractivity contribution in [3.8, 4) is 0 Å². The first-order chi connectivity index (χ1) is 10.2. The Morgan fingerprint density at radius 3 is 2.91 bits per heavy atom. The van der Waals surface area contributed by atoms with E-state index in [1.165, 1.54) is 11.7 Å². The molecule has 22 heavy (non-hydrogen) atoms. The number of hydrogen-bond donors (Lipinski definition) is 2. The Labute approximate surface area is 126 Å². The standard InChI is InChI=1S/C14H19F3N4O/c1-21-11(10(7-20-21)14(15,16)17)4-9-6-13(9)5-8(12(18)22)2-3-19-13/h7-9,19H,2-6H2,1H3,(H2,18,22). The van der Waals surface area contributed by atoms with Crippen LogP contribution in [0.2, 0.25) is 0 Å². The highest BCUT2D eigenvalue weighted by Crippen LogP contribution is 2.52. The van der Waals surface area contributed by atoms with Crippen molar-refractivity contribution in [2.75, 3.05) is 6.54 Å². The summed E-state index contributed by atoms with van der Waals surface area (Å²) in [5.74, 6) is -0.408. The summed E-state index contributed by atoms with van der Waals surface area (Å²) >= 11 is 0. The Hall–Kier alpha value is -1.57. The molecule has 3 unspecified atom stereocenters. The van der Waals surface area contributed by atoms with Crippen molar-refractivity contribution in [3.63, 3.8) is 0 Å². The molecule has 1 saturated carbocycles. The molecule has 3 rings (SSSR count). The normalized spacial score (nSPS) is 31.5. The number of carbonyl (C=O) groups is 1. The average Bonchev–Trinajstić information content (AvgIpc) is 2.90. The lowest BCUT2D eigenvalue weighted by Crippen LogP contribution is -2.45. The van der Waals surface area contributed by atoms with Crippen LogP contribution in [-0.2, 0) is 24.4 Å². The molecule has 8 heteroatoms. The highest BCUT2D eigenvalue weighted by atomic mass is 19.4. The Morgan fingerprint density at radius 1 is 1.55 bits per heavy atom. The van der Waals surface area contributed by atoms with Crippen molar-refractivity contribution >= 4 is 5.91 Å². The third kappa shape index (κ3) is 2.60. The molecule has 3 N–H and O–H groups in total. The first-order valence-electron chi connectivity index (χ1n) is 7.35. The summed E-state index contributed by atoms with van der Waals surface area (Å²) in [4.78, 5) is 11.4. The molecule has 5 nitrogen and oxygen atoms in total. The van der Waals surface area contributed by atoms with Gasteiger partial charge >= 0.3 is 6.18 Å². The summed E-state index contributed by atoms with van der Waals surface area (Å²) in [5, 5.41) is 7.12. The number of carbonyl (C=O) groups excluding carboxylic acids is 1. The molecule has 0 aromatic carbocycles. The van der Waals surface area contributed by atoms with Crippen LogP contribution in [0.3, 0.4) is 0 Å². The molecule has 1 aromatic heterocycles. The highest BCUT2D eigenvalue weighted by Gasteiger charge is 2.57. The van der Waals surface area contributed by atoms with E-state index in [0.717, 1.165) is 12.6 Å². The van der Waals surface area contributed by atoms with E-state index in [1.807, 2.05) is 0 Å². The second kappa shape index (κ2) is 4.97. The number of nitrogens with two attached hydrogens (primary N) is 1. The molecule has 1 amide bonds. The van der Waals surface area contributed by atoms with Crippen molar-refractivity contribution in [2.24, 2.45) is 24.6 Å². The predicted octanol–water partition coefficient (Wildman–Crippen LogP) is 1.23. The maximum atomic E-state index is 13.0. The minimum absolute atomic E-state index is 0.0890. The number of hydrogen-bond acceptors (Lipinski definition) is 3. The smallest absolute Gasteiger partial charge is 0.369 e. The number of nitrogens with one attached hydrogen (secondary N) is 1. The van der Waals surface area contributed by atoms with Crippen molar-refractivity contribution in [1.29, 1.82) is 0 Å². The Bertz CT molecular complexity index is 597. The molecule has 3 atom stereocenters. The molecule has 1 aliphatic carbocycles. The van der Waals surface area contributed by atoms with Crippen LogP contribution >= 0.6 is 0 Å². The number of piperidine rings is 1. The molecule has 122 valence electrons. The van der Waals surface area contributed by atoms with Gasteiger partial charge in [0.05, 0.1) is 17.5 Å². The number of alkyl halides is 3. The van der Waals surface area contributed by atoms with Gasteiger partial charge in [0, 0.05) is 18.5 Å². The quantitative estimate of drug-likeness (QED) is 0.881. The van der Waals surface area contributed by atoms with E-state index in [2.05, 4.69) is 10.4 Å². The van der Waals surface area contributed by atoms with Crippen LogP contribution in [0.25, 0.3) is 0 Å². The van der Waals surface area contributed by atoms with Gasteiger partial charge in [0.1, 0.15) is 0 Å². The van der Waals surface area contributed by atoms with E-state index < -0.39 is 11.7 Å². The minimum Gasteiger partial charge on any atom is -0.369 e. The lowest BCUT2D eigenvalue weighted by molar-refractivity contribution is -0.138. The second-order valence-electron chi connectivity index (χ2n) is 6.41. The van der Waals surface area contributed by atoms with Gasteiger partial charge in [0.25, 0.3) is 0 Å². The number of rotatable bonds is 3. The molecular formula is C14H19F3N4O. The molecule has 1 aromatic rings. The van der Waals surface area contributed by atoms with Crippen LogP contribution in [0.4, 0.5) is 13.2 Å². The first kappa shape index (κ1) is 15.3. The van der Waals surface area contributed by atoms with Gasteiger partial charge in [0.15, 0.2) is 0 Å². The summed E-state index contributed by atoms with van der Waals surface area (Å²) in [7, 11) is 1.53. The fourth-order valence-corrected chi connectivity index (χ4v) is 3.64. The zero-order chi connectivity index (χ0) is 16.1. The number of amides is 1. The van der Waals surface area contributed by atoms with Crippen molar-refractivity contribution in [3.05, 3.63) is 17.5 Å². The Morgan fingerprint density at radius 2 is 2.27 bits per heavy atom. The third-order valence-electron chi connectivity index (χ3n) is 5.02. The summed E-state index contributed by atoms with van der Waals surface area (Å²) in [5.41, 5.74) is 4.68. The Balaban J connectivity index is 1.74. The van der Waals surface area contributed by atoms with E-state index in [1.54, 1.807) is 0 Å². The number of aromatic nitrogens is 2. The van der Waals surface area contributed by atoms with Crippen molar-refractivity contribution < 1.29 is 18.0 Å². The monoisotopic (exact) mass is 316 g/mol. The lowest BCUT2D eigenvalue weighted by atomic mass is 9.88. The van der Waals surface area contributed by atoms with Crippen LogP contribution in [0.1, 0.15) is 30.5 Å². The van der Waals surface area contributed by atoms with Gasteiger partial charge < -0.3 is 11.1 Å². The van der Waals surface area contributed by atoms with E-state index in [9.17, 15) is 18.0 Å². The van der Waals surface area contributed by atoms with Gasteiger partial charge in [-0.1, -0.05) is 0 Å². The molecule has 0 radical (unpaired) electrons. The molecule has 1 aliphatic heterocycles. The fourth-order valence-electron chi connectivity index (χ4n) is 3.64. The third-order valence-corrected chi connectivity index (χ3v) is 5.02. The highest BCUT2D eigenvalue weighted by molar-refractivity contribution is 5.77. The topological polar surface area (TPSA) is 72.9 Å². The molecule has 2 aliphatic rings. The maximum Gasteiger partial charge on any atom is 0.419 e. The average molecular weight is 316 g/mol. The fraction of sp³-hybridized carbons (Fsp3) is 0.714. The van der Waals surface area contributed by atoms with Gasteiger partial charge in [0.2, 0.25) is 5.91 Å². The van der Waals surface area contributed by atoms with Crippen LogP contribution in [0.5, 0.6) is 0 Å². The van der Waals surface area contributed by atoms with Crippen LogP contribution < -0.4 is 11.1 Å². The van der Waals surface area contributed by atoms with E-state index in [0.29, 0.717) is 25.8 Å². The minimum atomic E-state index is -4.39. The molecule has 0 bridgehead atoms. The maximum absolute atomic E-state index is 13.0. The molecular weight excluding hydrogens is 297 g/mol. The number of nitrogens with zero attached hydrogens (tertiary/aromatic N) is 2. The van der Waals surface area contributed by atoms with Gasteiger partial charge in [-0.15, -0.1) is 0 Å². The molecule has 1 spiro atoms. The van der Waals surface area contributed by atoms with Crippen molar-refractivity contribution in [2.45, 2.75) is 37.4 Å². The molecule has 2 fully saturated rings. The van der Waals surface area contributed by atoms with Crippen LogP contribution in [0.15, 0.2) is 6.20 Å². The van der Waals surface area contributed by atoms with E-state index >= 15 is 0 Å².